The van der Waals surface area contributed by atoms with Crippen LogP contribution in [-0.2, 0) is 17.9 Å². The van der Waals surface area contributed by atoms with Gasteiger partial charge in [-0.25, -0.2) is 0 Å². The first kappa shape index (κ1) is 19.6. The molecule has 10 heteroatoms. The minimum absolute atomic E-state index is 0.0114. The van der Waals surface area contributed by atoms with E-state index in [0.717, 1.165) is 5.56 Å². The van der Waals surface area contributed by atoms with Gasteiger partial charge in [-0.3, -0.25) is 24.3 Å². The molecule has 146 valence electrons. The lowest BCUT2D eigenvalue weighted by Gasteiger charge is -2.05. The van der Waals surface area contributed by atoms with Gasteiger partial charge in [0.1, 0.15) is 11.4 Å². The number of aromatic nitrogens is 4. The first-order valence-electron chi connectivity index (χ1n) is 8.58. The summed E-state index contributed by atoms with van der Waals surface area (Å²) in [7, 11) is 0. The quantitative estimate of drug-likeness (QED) is 0.481. The molecule has 0 aliphatic heterocycles. The smallest absolute Gasteiger partial charge is 0.312 e. The van der Waals surface area contributed by atoms with E-state index in [9.17, 15) is 14.9 Å². The summed E-state index contributed by atoms with van der Waals surface area (Å²) in [6.07, 6.45) is 3.43. The van der Waals surface area contributed by atoms with Crippen LogP contribution in [0.4, 0.5) is 11.4 Å². The zero-order valence-corrected chi connectivity index (χ0v) is 16.2. The van der Waals surface area contributed by atoms with Gasteiger partial charge in [0.25, 0.3) is 0 Å². The maximum atomic E-state index is 12.2. The van der Waals surface area contributed by atoms with Crippen molar-refractivity contribution < 1.29 is 9.72 Å². The molecule has 0 bridgehead atoms. The Labute approximate surface area is 166 Å². The third-order valence-corrected chi connectivity index (χ3v) is 4.46. The molecule has 1 amide bonds. The molecule has 3 rings (SSSR count). The van der Waals surface area contributed by atoms with Gasteiger partial charge in [0.15, 0.2) is 0 Å². The molecule has 0 atom stereocenters. The summed E-state index contributed by atoms with van der Waals surface area (Å²) >= 11 is 5.98. The Hall–Kier alpha value is -3.20. The minimum Gasteiger partial charge on any atom is -0.323 e. The van der Waals surface area contributed by atoms with Gasteiger partial charge >= 0.3 is 5.69 Å². The molecule has 0 saturated carbocycles. The molecule has 2 heterocycles. The van der Waals surface area contributed by atoms with Crippen LogP contribution in [0.3, 0.4) is 0 Å². The van der Waals surface area contributed by atoms with Crippen molar-refractivity contribution in [2.45, 2.75) is 33.4 Å². The molecule has 0 spiro atoms. The maximum absolute atomic E-state index is 12.2. The standard InChI is InChI=1S/C18H19ClN6O3/c1-12-18(25(27)28)13(2)24(22-12)7-6-17(26)21-16-9-20-23(11-16)10-14-4-3-5-15(19)8-14/h3-5,8-9,11H,6-7,10H2,1-2H3,(H,21,26). The summed E-state index contributed by atoms with van der Waals surface area (Å²) in [6.45, 7) is 3.99. The minimum atomic E-state index is -0.456. The normalized spacial score (nSPS) is 10.8. The highest BCUT2D eigenvalue weighted by Crippen LogP contribution is 2.22. The summed E-state index contributed by atoms with van der Waals surface area (Å²) in [4.78, 5) is 22.8. The average molecular weight is 403 g/mol. The number of hydrogen-bond acceptors (Lipinski definition) is 5. The molecule has 1 N–H and O–H groups in total. The average Bonchev–Trinajstić information content (AvgIpc) is 3.16. The van der Waals surface area contributed by atoms with Gasteiger partial charge in [-0.1, -0.05) is 23.7 Å². The van der Waals surface area contributed by atoms with Crippen LogP contribution in [-0.4, -0.2) is 30.4 Å². The van der Waals surface area contributed by atoms with Crippen LogP contribution in [0.25, 0.3) is 0 Å². The van der Waals surface area contributed by atoms with Crippen molar-refractivity contribution in [3.63, 3.8) is 0 Å². The van der Waals surface area contributed by atoms with E-state index >= 15 is 0 Å². The van der Waals surface area contributed by atoms with Crippen molar-refractivity contribution in [3.05, 3.63) is 68.7 Å². The van der Waals surface area contributed by atoms with Crippen LogP contribution < -0.4 is 5.32 Å². The number of halogens is 1. The van der Waals surface area contributed by atoms with Crippen LogP contribution in [0.2, 0.25) is 5.02 Å². The second kappa shape index (κ2) is 8.22. The van der Waals surface area contributed by atoms with Gasteiger partial charge in [-0.2, -0.15) is 10.2 Å². The number of anilines is 1. The predicted molar refractivity (Wildman–Crippen MR) is 104 cm³/mol. The molecule has 0 fully saturated rings. The van der Waals surface area contributed by atoms with Crippen molar-refractivity contribution in [2.75, 3.05) is 5.32 Å². The van der Waals surface area contributed by atoms with E-state index < -0.39 is 4.92 Å². The van der Waals surface area contributed by atoms with Crippen LogP contribution in [0, 0.1) is 24.0 Å². The van der Waals surface area contributed by atoms with Gasteiger partial charge < -0.3 is 5.32 Å². The SMILES string of the molecule is Cc1nn(CCC(=O)Nc2cnn(Cc3cccc(Cl)c3)c2)c(C)c1[N+](=O)[O-]. The number of rotatable bonds is 7. The Kier molecular flexibility index (Phi) is 5.74. The number of benzene rings is 1. The lowest BCUT2D eigenvalue weighted by molar-refractivity contribution is -0.386. The molecule has 0 radical (unpaired) electrons. The topological polar surface area (TPSA) is 108 Å². The molecular formula is C18H19ClN6O3. The second-order valence-corrected chi connectivity index (χ2v) is 6.79. The van der Waals surface area contributed by atoms with E-state index in [0.29, 0.717) is 28.6 Å². The fourth-order valence-corrected chi connectivity index (χ4v) is 3.15. The largest absolute Gasteiger partial charge is 0.323 e. The van der Waals surface area contributed by atoms with Crippen molar-refractivity contribution >= 4 is 28.9 Å². The highest BCUT2D eigenvalue weighted by molar-refractivity contribution is 6.30. The maximum Gasteiger partial charge on any atom is 0.312 e. The van der Waals surface area contributed by atoms with Crippen LogP contribution >= 0.6 is 11.6 Å². The van der Waals surface area contributed by atoms with E-state index in [4.69, 9.17) is 11.6 Å². The number of carbonyl (C=O) groups excluding carboxylic acids is 1. The van der Waals surface area contributed by atoms with Gasteiger partial charge in [0.2, 0.25) is 5.91 Å². The molecule has 3 aromatic rings. The zero-order chi connectivity index (χ0) is 20.3. The molecule has 0 aliphatic carbocycles. The van der Waals surface area contributed by atoms with E-state index in [2.05, 4.69) is 15.5 Å². The fraction of sp³-hybridized carbons (Fsp3) is 0.278. The van der Waals surface area contributed by atoms with Gasteiger partial charge in [0, 0.05) is 17.6 Å². The van der Waals surface area contributed by atoms with Crippen molar-refractivity contribution in [1.82, 2.24) is 19.6 Å². The highest BCUT2D eigenvalue weighted by atomic mass is 35.5. The molecule has 9 nitrogen and oxygen atoms in total. The number of hydrogen-bond donors (Lipinski definition) is 1. The Morgan fingerprint density at radius 1 is 1.36 bits per heavy atom. The van der Waals surface area contributed by atoms with Gasteiger partial charge in [-0.05, 0) is 31.5 Å². The molecule has 0 aliphatic rings. The lowest BCUT2D eigenvalue weighted by atomic mass is 10.2. The molecule has 2 aromatic heterocycles. The molecule has 0 unspecified atom stereocenters. The summed E-state index contributed by atoms with van der Waals surface area (Å²) in [5, 5.41) is 22.8. The van der Waals surface area contributed by atoms with Crippen LogP contribution in [0.5, 0.6) is 0 Å². The Balaban J connectivity index is 1.57. The summed E-state index contributed by atoms with van der Waals surface area (Å²) < 4.78 is 3.18. The predicted octanol–water partition coefficient (Wildman–Crippen LogP) is 3.34. The first-order chi connectivity index (χ1) is 13.3. The number of nitrogens with one attached hydrogen (secondary N) is 1. The lowest BCUT2D eigenvalue weighted by Crippen LogP contribution is -2.15. The van der Waals surface area contributed by atoms with Gasteiger partial charge in [-0.15, -0.1) is 0 Å². The first-order valence-corrected chi connectivity index (χ1v) is 8.96. The summed E-state index contributed by atoms with van der Waals surface area (Å²) in [5.74, 6) is -0.225. The van der Waals surface area contributed by atoms with Crippen molar-refractivity contribution in [2.24, 2.45) is 0 Å². The van der Waals surface area contributed by atoms with Gasteiger partial charge in [0.05, 0.1) is 29.9 Å². The number of carbonyl (C=O) groups is 1. The van der Waals surface area contributed by atoms with E-state index in [1.807, 2.05) is 18.2 Å². The Morgan fingerprint density at radius 3 is 2.82 bits per heavy atom. The second-order valence-electron chi connectivity index (χ2n) is 6.35. The zero-order valence-electron chi connectivity index (χ0n) is 15.4. The molecular weight excluding hydrogens is 384 g/mol. The molecule has 1 aromatic carbocycles. The summed E-state index contributed by atoms with van der Waals surface area (Å²) in [6, 6.07) is 7.47. The molecule has 0 saturated heterocycles. The third kappa shape index (κ3) is 4.55. The number of aryl methyl sites for hydroxylation is 2. The number of nitro groups is 1. The monoisotopic (exact) mass is 402 g/mol. The summed E-state index contributed by atoms with van der Waals surface area (Å²) in [5.41, 5.74) is 2.34. The third-order valence-electron chi connectivity index (χ3n) is 4.23. The fourth-order valence-electron chi connectivity index (χ4n) is 2.94. The number of nitrogens with zero attached hydrogens (tertiary/aromatic N) is 5. The highest BCUT2D eigenvalue weighted by Gasteiger charge is 2.21. The van der Waals surface area contributed by atoms with Crippen molar-refractivity contribution in [1.29, 1.82) is 0 Å². The van der Waals surface area contributed by atoms with Crippen LogP contribution in [0.1, 0.15) is 23.4 Å². The van der Waals surface area contributed by atoms with E-state index in [-0.39, 0.29) is 24.6 Å². The Morgan fingerprint density at radius 2 is 2.14 bits per heavy atom. The van der Waals surface area contributed by atoms with Crippen LogP contribution in [0.15, 0.2) is 36.7 Å². The van der Waals surface area contributed by atoms with E-state index in [1.54, 1.807) is 37.0 Å². The van der Waals surface area contributed by atoms with Crippen molar-refractivity contribution in [3.8, 4) is 0 Å². The Bertz CT molecular complexity index is 1030. The number of amides is 1. The molecule has 28 heavy (non-hydrogen) atoms. The van der Waals surface area contributed by atoms with E-state index in [1.165, 1.54) is 4.68 Å².